The average Bonchev–Trinajstić information content (AvgIpc) is 2.82. The molecule has 0 saturated heterocycles. The summed E-state index contributed by atoms with van der Waals surface area (Å²) in [6.45, 7) is 0. The number of nitro groups is 1. The Morgan fingerprint density at radius 2 is 1.69 bits per heavy atom. The lowest BCUT2D eigenvalue weighted by molar-refractivity contribution is -0.384. The van der Waals surface area contributed by atoms with Crippen molar-refractivity contribution in [2.75, 3.05) is 14.2 Å². The maximum Gasteiger partial charge on any atom is 0.343 e. The summed E-state index contributed by atoms with van der Waals surface area (Å²) in [7, 11) is 2.97. The van der Waals surface area contributed by atoms with Crippen molar-refractivity contribution in [3.8, 4) is 17.2 Å². The number of rotatable bonds is 8. The highest BCUT2D eigenvalue weighted by molar-refractivity contribution is 6.09. The van der Waals surface area contributed by atoms with Crippen LogP contribution in [0.1, 0.15) is 26.3 Å². The molecule has 0 amide bonds. The molecule has 32 heavy (non-hydrogen) atoms. The first-order valence-electron chi connectivity index (χ1n) is 9.43. The van der Waals surface area contributed by atoms with Crippen molar-refractivity contribution in [1.82, 2.24) is 0 Å². The van der Waals surface area contributed by atoms with E-state index in [1.165, 1.54) is 44.6 Å². The van der Waals surface area contributed by atoms with Crippen molar-refractivity contribution in [3.05, 3.63) is 99.6 Å². The molecule has 0 aliphatic carbocycles. The Hall–Kier alpha value is -4.46. The number of para-hydroxylation sites is 1. The number of hydrogen-bond donors (Lipinski definition) is 0. The van der Waals surface area contributed by atoms with Crippen LogP contribution in [0.15, 0.2) is 72.8 Å². The maximum atomic E-state index is 12.7. The number of benzene rings is 3. The minimum Gasteiger partial charge on any atom is -0.497 e. The van der Waals surface area contributed by atoms with Gasteiger partial charge in [0.2, 0.25) is 0 Å². The molecule has 3 aromatic rings. The number of ether oxygens (including phenoxy) is 3. The van der Waals surface area contributed by atoms with Crippen LogP contribution in [0.5, 0.6) is 17.2 Å². The zero-order chi connectivity index (χ0) is 23.1. The van der Waals surface area contributed by atoms with Crippen molar-refractivity contribution < 1.29 is 28.7 Å². The first-order valence-corrected chi connectivity index (χ1v) is 9.43. The number of nitrogens with zero attached hydrogens (tertiary/aromatic N) is 1. The number of ketones is 1. The Labute approximate surface area is 183 Å². The van der Waals surface area contributed by atoms with Crippen LogP contribution in [0.2, 0.25) is 0 Å². The largest absolute Gasteiger partial charge is 0.497 e. The summed E-state index contributed by atoms with van der Waals surface area (Å²) in [6, 6.07) is 16.7. The van der Waals surface area contributed by atoms with Gasteiger partial charge in [-0.15, -0.1) is 0 Å². The highest BCUT2D eigenvalue weighted by Gasteiger charge is 2.15. The molecule has 0 fully saturated rings. The predicted molar refractivity (Wildman–Crippen MR) is 117 cm³/mol. The fourth-order valence-corrected chi connectivity index (χ4v) is 2.87. The Balaban J connectivity index is 1.82. The molecule has 0 unspecified atom stereocenters. The lowest BCUT2D eigenvalue weighted by atomic mass is 10.1. The molecule has 3 rings (SSSR count). The smallest absolute Gasteiger partial charge is 0.343 e. The number of nitro benzene ring substituents is 1. The quantitative estimate of drug-likeness (QED) is 0.126. The van der Waals surface area contributed by atoms with Crippen LogP contribution < -0.4 is 14.2 Å². The molecule has 8 heteroatoms. The van der Waals surface area contributed by atoms with E-state index in [0.717, 1.165) is 6.07 Å². The second-order valence-corrected chi connectivity index (χ2v) is 6.50. The van der Waals surface area contributed by atoms with Gasteiger partial charge in [-0.2, -0.15) is 0 Å². The standard InChI is InChI=1S/C24H19NO7/c1-30-19-11-12-20(23(15-19)31-2)21(26)13-10-16-6-3-4-9-22(16)32-24(27)17-7-5-8-18(14-17)25(28)29/h3-15H,1-2H3/b13-10+. The zero-order valence-electron chi connectivity index (χ0n) is 17.3. The van der Waals surface area contributed by atoms with E-state index in [4.69, 9.17) is 14.2 Å². The van der Waals surface area contributed by atoms with E-state index in [0.29, 0.717) is 22.6 Å². The third kappa shape index (κ3) is 5.17. The van der Waals surface area contributed by atoms with Crippen LogP contribution in [0.3, 0.4) is 0 Å². The molecule has 0 saturated carbocycles. The Bertz CT molecular complexity index is 1200. The monoisotopic (exact) mass is 433 g/mol. The lowest BCUT2D eigenvalue weighted by Crippen LogP contribution is -2.09. The summed E-state index contributed by atoms with van der Waals surface area (Å²) in [5, 5.41) is 10.9. The lowest BCUT2D eigenvalue weighted by Gasteiger charge is -2.09. The van der Waals surface area contributed by atoms with E-state index in [1.807, 2.05) is 0 Å². The maximum absolute atomic E-state index is 12.7. The summed E-state index contributed by atoms with van der Waals surface area (Å²) >= 11 is 0. The second kappa shape index (κ2) is 10.0. The molecule has 0 N–H and O–H groups in total. The van der Waals surface area contributed by atoms with Gasteiger partial charge < -0.3 is 14.2 Å². The molecule has 0 heterocycles. The van der Waals surface area contributed by atoms with Gasteiger partial charge in [-0.3, -0.25) is 14.9 Å². The Morgan fingerprint density at radius 3 is 2.41 bits per heavy atom. The molecule has 3 aromatic carbocycles. The van der Waals surface area contributed by atoms with Crippen molar-refractivity contribution in [1.29, 1.82) is 0 Å². The van der Waals surface area contributed by atoms with E-state index >= 15 is 0 Å². The topological polar surface area (TPSA) is 105 Å². The second-order valence-electron chi connectivity index (χ2n) is 6.50. The third-order valence-corrected chi connectivity index (χ3v) is 4.50. The summed E-state index contributed by atoms with van der Waals surface area (Å²) in [5.41, 5.74) is 0.645. The van der Waals surface area contributed by atoms with Crippen LogP contribution in [0.25, 0.3) is 6.08 Å². The molecular weight excluding hydrogens is 414 g/mol. The fourth-order valence-electron chi connectivity index (χ4n) is 2.87. The van der Waals surface area contributed by atoms with Gasteiger partial charge in [0.15, 0.2) is 5.78 Å². The third-order valence-electron chi connectivity index (χ3n) is 4.50. The highest BCUT2D eigenvalue weighted by Crippen LogP contribution is 2.26. The van der Waals surface area contributed by atoms with Crippen molar-refractivity contribution in [2.24, 2.45) is 0 Å². The molecule has 0 aliphatic heterocycles. The van der Waals surface area contributed by atoms with Crippen molar-refractivity contribution >= 4 is 23.5 Å². The predicted octanol–water partition coefficient (Wildman–Crippen LogP) is 4.73. The van der Waals surface area contributed by atoms with E-state index in [2.05, 4.69) is 0 Å². The summed E-state index contributed by atoms with van der Waals surface area (Å²) in [5.74, 6) is 0.0574. The molecule has 0 atom stereocenters. The number of methoxy groups -OCH3 is 2. The first-order chi connectivity index (χ1) is 15.4. The molecular formula is C24H19NO7. The Kier molecular flexibility index (Phi) is 6.97. The van der Waals surface area contributed by atoms with Crippen LogP contribution >= 0.6 is 0 Å². The molecule has 0 spiro atoms. The molecule has 8 nitrogen and oxygen atoms in total. The number of hydrogen-bond acceptors (Lipinski definition) is 7. The van der Waals surface area contributed by atoms with E-state index in [-0.39, 0.29) is 22.8 Å². The number of esters is 1. The first kappa shape index (κ1) is 22.2. The van der Waals surface area contributed by atoms with Gasteiger partial charge in [0.1, 0.15) is 17.2 Å². The van der Waals surface area contributed by atoms with Gasteiger partial charge in [0.05, 0.1) is 30.3 Å². The van der Waals surface area contributed by atoms with Gasteiger partial charge in [0, 0.05) is 23.8 Å². The molecule has 0 radical (unpaired) electrons. The van der Waals surface area contributed by atoms with E-state index < -0.39 is 10.9 Å². The summed E-state index contributed by atoms with van der Waals surface area (Å²) in [4.78, 5) is 35.5. The highest BCUT2D eigenvalue weighted by atomic mass is 16.6. The molecule has 0 bridgehead atoms. The summed E-state index contributed by atoms with van der Waals surface area (Å²) < 4.78 is 15.8. The van der Waals surface area contributed by atoms with Crippen molar-refractivity contribution in [2.45, 2.75) is 0 Å². The number of allylic oxidation sites excluding steroid dienone is 1. The number of non-ortho nitro benzene ring substituents is 1. The summed E-state index contributed by atoms with van der Waals surface area (Å²) in [6.07, 6.45) is 2.85. The van der Waals surface area contributed by atoms with Crippen molar-refractivity contribution in [3.63, 3.8) is 0 Å². The van der Waals surface area contributed by atoms with Crippen LogP contribution in [-0.2, 0) is 0 Å². The van der Waals surface area contributed by atoms with Crippen LogP contribution in [-0.4, -0.2) is 30.9 Å². The normalized spacial score (nSPS) is 10.6. The van der Waals surface area contributed by atoms with Crippen LogP contribution in [0, 0.1) is 10.1 Å². The number of carbonyl (C=O) groups excluding carboxylic acids is 2. The SMILES string of the molecule is COc1ccc(C(=O)/C=C/c2ccccc2OC(=O)c2cccc([N+](=O)[O-])c2)c(OC)c1. The minimum atomic E-state index is -0.752. The average molecular weight is 433 g/mol. The van der Waals surface area contributed by atoms with Gasteiger partial charge in [-0.05, 0) is 36.4 Å². The molecule has 162 valence electrons. The van der Waals surface area contributed by atoms with Gasteiger partial charge >= 0.3 is 5.97 Å². The van der Waals surface area contributed by atoms with Crippen LogP contribution in [0.4, 0.5) is 5.69 Å². The zero-order valence-corrected chi connectivity index (χ0v) is 17.3. The Morgan fingerprint density at radius 1 is 0.906 bits per heavy atom. The van der Waals surface area contributed by atoms with Gasteiger partial charge in [0.25, 0.3) is 5.69 Å². The fraction of sp³-hybridized carbons (Fsp3) is 0.0833. The molecule has 0 aliphatic rings. The van der Waals surface area contributed by atoms with Gasteiger partial charge in [-0.1, -0.05) is 24.3 Å². The molecule has 0 aromatic heterocycles. The number of carbonyl (C=O) groups is 2. The van der Waals surface area contributed by atoms with E-state index in [9.17, 15) is 19.7 Å². The van der Waals surface area contributed by atoms with Gasteiger partial charge in [-0.25, -0.2) is 4.79 Å². The van der Waals surface area contributed by atoms with E-state index in [1.54, 1.807) is 42.5 Å². The minimum absolute atomic E-state index is 0.0389.